The van der Waals surface area contributed by atoms with Gasteiger partial charge in [0.15, 0.2) is 0 Å². The Morgan fingerprint density at radius 1 is 1.25 bits per heavy atom. The Bertz CT molecular complexity index is 483. The Labute approximate surface area is 113 Å². The number of carbonyl (C=O) groups is 2. The number of benzene rings is 1. The molecular weight excluding hydrogens is 275 g/mol. The van der Waals surface area contributed by atoms with Gasteiger partial charge in [0.05, 0.1) is 0 Å². The molecule has 0 saturated heterocycles. The highest BCUT2D eigenvalue weighted by Crippen LogP contribution is 2.24. The first-order chi connectivity index (χ1) is 9.24. The number of hydrogen-bond acceptors (Lipinski definition) is 3. The molecule has 1 aromatic carbocycles. The molecule has 0 saturated carbocycles. The Morgan fingerprint density at radius 3 is 2.20 bits per heavy atom. The van der Waals surface area contributed by atoms with Gasteiger partial charge < -0.3 is 10.1 Å². The van der Waals surface area contributed by atoms with Crippen molar-refractivity contribution >= 4 is 17.6 Å². The summed E-state index contributed by atoms with van der Waals surface area (Å²) < 4.78 is 41.9. The van der Waals surface area contributed by atoms with Crippen molar-refractivity contribution in [3.8, 4) is 0 Å². The van der Waals surface area contributed by atoms with Crippen molar-refractivity contribution in [3.05, 3.63) is 29.8 Å². The molecule has 0 radical (unpaired) electrons. The highest BCUT2D eigenvalue weighted by atomic mass is 19.4. The summed E-state index contributed by atoms with van der Waals surface area (Å²) in [5.41, 5.74) is 1.18. The van der Waals surface area contributed by atoms with Crippen LogP contribution in [-0.4, -0.2) is 24.2 Å². The summed E-state index contributed by atoms with van der Waals surface area (Å²) in [6.07, 6.45) is -7.00. The predicted molar refractivity (Wildman–Crippen MR) is 66.1 cm³/mol. The van der Waals surface area contributed by atoms with Gasteiger partial charge >= 0.3 is 12.1 Å². The molecule has 4 nitrogen and oxygen atoms in total. The first kappa shape index (κ1) is 16.0. The Balaban J connectivity index is 2.82. The van der Waals surface area contributed by atoms with Gasteiger partial charge in [-0.05, 0) is 24.1 Å². The number of aryl methyl sites for hydroxylation is 1. The van der Waals surface area contributed by atoms with Crippen LogP contribution in [0.15, 0.2) is 24.3 Å². The van der Waals surface area contributed by atoms with E-state index < -0.39 is 24.2 Å². The van der Waals surface area contributed by atoms with Crippen molar-refractivity contribution in [2.24, 2.45) is 0 Å². The Kier molecular flexibility index (Phi) is 5.12. The normalized spacial score (nSPS) is 12.7. The third-order valence-electron chi connectivity index (χ3n) is 2.45. The third-order valence-corrected chi connectivity index (χ3v) is 2.45. The van der Waals surface area contributed by atoms with Crippen LogP contribution in [0.2, 0.25) is 0 Å². The van der Waals surface area contributed by atoms with E-state index in [0.717, 1.165) is 18.9 Å². The number of halogens is 3. The molecule has 1 unspecified atom stereocenters. The first-order valence-corrected chi connectivity index (χ1v) is 5.87. The number of amides is 1. The molecule has 0 aromatic heterocycles. The lowest BCUT2D eigenvalue weighted by atomic mass is 10.1. The third kappa shape index (κ3) is 4.56. The second-order valence-corrected chi connectivity index (χ2v) is 4.07. The summed E-state index contributed by atoms with van der Waals surface area (Å²) in [6, 6.07) is 6.34. The molecule has 1 amide bonds. The van der Waals surface area contributed by atoms with Gasteiger partial charge in [0.1, 0.15) is 0 Å². The van der Waals surface area contributed by atoms with Crippen LogP contribution in [0.1, 0.15) is 19.4 Å². The topological polar surface area (TPSA) is 55.4 Å². The SMILES string of the molecule is CCc1ccc(NC(=O)C(OC(C)=O)C(F)(F)F)cc1. The molecule has 1 aromatic rings. The largest absolute Gasteiger partial charge is 0.443 e. The fourth-order valence-electron chi connectivity index (χ4n) is 1.47. The molecule has 0 fully saturated rings. The Hall–Kier alpha value is -2.05. The second kappa shape index (κ2) is 6.40. The van der Waals surface area contributed by atoms with E-state index in [1.54, 1.807) is 12.1 Å². The van der Waals surface area contributed by atoms with Gasteiger partial charge in [-0.2, -0.15) is 13.2 Å². The van der Waals surface area contributed by atoms with Crippen LogP contribution in [-0.2, 0) is 20.7 Å². The molecule has 1 atom stereocenters. The number of nitrogens with one attached hydrogen (secondary N) is 1. The van der Waals surface area contributed by atoms with Gasteiger partial charge in [0, 0.05) is 12.6 Å². The van der Waals surface area contributed by atoms with Crippen LogP contribution in [0.25, 0.3) is 0 Å². The maximum absolute atomic E-state index is 12.6. The lowest BCUT2D eigenvalue weighted by molar-refractivity contribution is -0.216. The van der Waals surface area contributed by atoms with Crippen LogP contribution < -0.4 is 5.32 Å². The number of esters is 1. The molecule has 110 valence electrons. The van der Waals surface area contributed by atoms with E-state index in [2.05, 4.69) is 10.1 Å². The molecule has 0 aliphatic rings. The van der Waals surface area contributed by atoms with Crippen molar-refractivity contribution < 1.29 is 27.5 Å². The molecule has 1 rings (SSSR count). The van der Waals surface area contributed by atoms with E-state index in [4.69, 9.17) is 0 Å². The van der Waals surface area contributed by atoms with Crippen LogP contribution in [0.4, 0.5) is 18.9 Å². The fraction of sp³-hybridized carbons (Fsp3) is 0.385. The van der Waals surface area contributed by atoms with Crippen LogP contribution in [0.3, 0.4) is 0 Å². The number of carbonyl (C=O) groups excluding carboxylic acids is 2. The maximum atomic E-state index is 12.6. The number of alkyl halides is 3. The lowest BCUT2D eigenvalue weighted by Gasteiger charge is -2.19. The molecule has 0 aliphatic carbocycles. The summed E-state index contributed by atoms with van der Waals surface area (Å²) in [5.74, 6) is -2.61. The van der Waals surface area contributed by atoms with E-state index in [-0.39, 0.29) is 5.69 Å². The average molecular weight is 289 g/mol. The summed E-state index contributed by atoms with van der Waals surface area (Å²) in [7, 11) is 0. The second-order valence-electron chi connectivity index (χ2n) is 4.07. The van der Waals surface area contributed by atoms with Crippen molar-refractivity contribution in [3.63, 3.8) is 0 Å². The highest BCUT2D eigenvalue weighted by Gasteiger charge is 2.47. The minimum atomic E-state index is -4.96. The van der Waals surface area contributed by atoms with Gasteiger partial charge in [-0.25, -0.2) is 0 Å². The van der Waals surface area contributed by atoms with Crippen molar-refractivity contribution in [1.29, 1.82) is 0 Å². The monoisotopic (exact) mass is 289 g/mol. The van der Waals surface area contributed by atoms with E-state index in [1.165, 1.54) is 12.1 Å². The van der Waals surface area contributed by atoms with Gasteiger partial charge in [-0.15, -0.1) is 0 Å². The van der Waals surface area contributed by atoms with E-state index in [0.29, 0.717) is 0 Å². The zero-order chi connectivity index (χ0) is 15.3. The highest BCUT2D eigenvalue weighted by molar-refractivity contribution is 5.95. The zero-order valence-corrected chi connectivity index (χ0v) is 11.0. The van der Waals surface area contributed by atoms with Gasteiger partial charge in [-0.1, -0.05) is 19.1 Å². The molecule has 0 heterocycles. The minimum Gasteiger partial charge on any atom is -0.443 e. The average Bonchev–Trinajstić information content (AvgIpc) is 2.35. The fourth-order valence-corrected chi connectivity index (χ4v) is 1.47. The molecule has 1 N–H and O–H groups in total. The maximum Gasteiger partial charge on any atom is 0.434 e. The van der Waals surface area contributed by atoms with Crippen molar-refractivity contribution in [1.82, 2.24) is 0 Å². The Morgan fingerprint density at radius 2 is 1.80 bits per heavy atom. The molecule has 7 heteroatoms. The van der Waals surface area contributed by atoms with Gasteiger partial charge in [0.25, 0.3) is 12.0 Å². The van der Waals surface area contributed by atoms with Crippen LogP contribution in [0.5, 0.6) is 0 Å². The smallest absolute Gasteiger partial charge is 0.434 e. The number of anilines is 1. The van der Waals surface area contributed by atoms with E-state index in [9.17, 15) is 22.8 Å². The summed E-state index contributed by atoms with van der Waals surface area (Å²) in [4.78, 5) is 22.2. The first-order valence-electron chi connectivity index (χ1n) is 5.87. The summed E-state index contributed by atoms with van der Waals surface area (Å²) in [5, 5.41) is 2.07. The number of hydrogen-bond donors (Lipinski definition) is 1. The molecule has 20 heavy (non-hydrogen) atoms. The van der Waals surface area contributed by atoms with E-state index in [1.807, 2.05) is 6.92 Å². The summed E-state index contributed by atoms with van der Waals surface area (Å²) >= 11 is 0. The lowest BCUT2D eigenvalue weighted by Crippen LogP contribution is -2.43. The molecule has 0 aliphatic heterocycles. The standard InChI is InChI=1S/C13H14F3NO3/c1-3-9-4-6-10(7-5-9)17-12(19)11(13(14,15)16)20-8(2)18/h4-7,11H,3H2,1-2H3,(H,17,19). The zero-order valence-electron chi connectivity index (χ0n) is 11.0. The minimum absolute atomic E-state index is 0.202. The van der Waals surface area contributed by atoms with Crippen LogP contribution >= 0.6 is 0 Å². The molecule has 0 spiro atoms. The van der Waals surface area contributed by atoms with Gasteiger partial charge in [-0.3, -0.25) is 9.59 Å². The molecule has 0 bridgehead atoms. The summed E-state index contributed by atoms with van der Waals surface area (Å²) in [6.45, 7) is 2.73. The van der Waals surface area contributed by atoms with Gasteiger partial charge in [0.2, 0.25) is 0 Å². The number of ether oxygens (including phenoxy) is 1. The van der Waals surface area contributed by atoms with Crippen LogP contribution in [0, 0.1) is 0 Å². The van der Waals surface area contributed by atoms with E-state index >= 15 is 0 Å². The number of rotatable bonds is 4. The predicted octanol–water partition coefficient (Wildman–Crippen LogP) is 2.68. The quantitative estimate of drug-likeness (QED) is 0.867. The molecular formula is C13H14F3NO3. The van der Waals surface area contributed by atoms with Crippen molar-refractivity contribution in [2.45, 2.75) is 32.5 Å². The van der Waals surface area contributed by atoms with Crippen molar-refractivity contribution in [2.75, 3.05) is 5.32 Å².